The molecule has 25 heavy (non-hydrogen) atoms. The molecule has 0 radical (unpaired) electrons. The molecule has 2 aliphatic heterocycles. The standard InChI is InChI=1S/C20H26N2O3/c23-18-16-12-14-9-4-10-15(14)22(16)20(25)17(19(18)24)21-11-5-8-13-6-2-1-3-7-13/h1-3,6-7,14-17,21,23-24H,4-5,8-12H2/t14-,15-,16-,17-/m0/s1. The average Bonchev–Trinajstić information content (AvgIpc) is 3.21. The molecule has 1 saturated heterocycles. The van der Waals surface area contributed by atoms with Crippen LogP contribution in [0.1, 0.15) is 37.7 Å². The third kappa shape index (κ3) is 2.91. The highest BCUT2D eigenvalue weighted by Gasteiger charge is 2.53. The summed E-state index contributed by atoms with van der Waals surface area (Å²) >= 11 is 0. The summed E-state index contributed by atoms with van der Waals surface area (Å²) in [6.45, 7) is 0.620. The Morgan fingerprint density at radius 3 is 2.72 bits per heavy atom. The fourth-order valence-electron chi connectivity index (χ4n) is 4.80. The maximum absolute atomic E-state index is 12.9. The summed E-state index contributed by atoms with van der Waals surface area (Å²) in [6.07, 6.45) is 5.86. The molecule has 1 aliphatic carbocycles. The van der Waals surface area contributed by atoms with Crippen molar-refractivity contribution in [3.8, 4) is 0 Å². The van der Waals surface area contributed by atoms with E-state index in [1.165, 1.54) is 5.56 Å². The van der Waals surface area contributed by atoms with Crippen molar-refractivity contribution in [1.29, 1.82) is 0 Å². The van der Waals surface area contributed by atoms with Crippen LogP contribution in [0.15, 0.2) is 41.9 Å². The van der Waals surface area contributed by atoms with Crippen LogP contribution < -0.4 is 5.32 Å². The third-order valence-corrected chi connectivity index (χ3v) is 6.02. The fraction of sp³-hybridized carbons (Fsp3) is 0.550. The molecule has 4 rings (SSSR count). The van der Waals surface area contributed by atoms with Crippen molar-refractivity contribution in [1.82, 2.24) is 10.2 Å². The van der Waals surface area contributed by atoms with Crippen LogP contribution in [0.2, 0.25) is 0 Å². The van der Waals surface area contributed by atoms with Crippen LogP contribution in [-0.4, -0.2) is 45.7 Å². The Bertz CT molecular complexity index is 673. The molecule has 1 aromatic rings. The normalized spacial score (nSPS) is 31.4. The van der Waals surface area contributed by atoms with Gasteiger partial charge in [0.05, 0.1) is 6.04 Å². The molecule has 2 fully saturated rings. The van der Waals surface area contributed by atoms with Crippen molar-refractivity contribution in [3.63, 3.8) is 0 Å². The predicted molar refractivity (Wildman–Crippen MR) is 95.2 cm³/mol. The lowest BCUT2D eigenvalue weighted by atomic mass is 9.98. The lowest BCUT2D eigenvalue weighted by molar-refractivity contribution is -0.138. The van der Waals surface area contributed by atoms with Crippen LogP contribution in [0.25, 0.3) is 0 Å². The number of aliphatic hydroxyl groups is 2. The van der Waals surface area contributed by atoms with Crippen molar-refractivity contribution in [2.24, 2.45) is 5.92 Å². The number of nitrogens with zero attached hydrogens (tertiary/aromatic N) is 1. The first-order chi connectivity index (χ1) is 12.2. The van der Waals surface area contributed by atoms with Crippen molar-refractivity contribution >= 4 is 5.91 Å². The largest absolute Gasteiger partial charge is 0.507 e. The number of rotatable bonds is 5. The van der Waals surface area contributed by atoms with Gasteiger partial charge in [-0.25, -0.2) is 0 Å². The number of fused-ring (bicyclic) bond motifs is 3. The van der Waals surface area contributed by atoms with E-state index >= 15 is 0 Å². The molecule has 4 atom stereocenters. The zero-order chi connectivity index (χ0) is 17.4. The first-order valence-electron chi connectivity index (χ1n) is 9.38. The number of amides is 1. The minimum Gasteiger partial charge on any atom is -0.507 e. The van der Waals surface area contributed by atoms with Gasteiger partial charge in [-0.2, -0.15) is 0 Å². The number of carbonyl (C=O) groups excluding carboxylic acids is 1. The van der Waals surface area contributed by atoms with Crippen molar-refractivity contribution in [2.45, 2.75) is 56.7 Å². The van der Waals surface area contributed by atoms with E-state index in [0.717, 1.165) is 38.5 Å². The van der Waals surface area contributed by atoms with Crippen molar-refractivity contribution in [2.75, 3.05) is 6.54 Å². The SMILES string of the molecule is O=C1[C@@H](NCCCc2ccccc2)C(O)=C(O)[C@@H]2C[C@@H]3CCC[C@@H]3N12. The first kappa shape index (κ1) is 16.5. The maximum Gasteiger partial charge on any atom is 0.248 e. The van der Waals surface area contributed by atoms with Crippen molar-refractivity contribution in [3.05, 3.63) is 47.4 Å². The van der Waals surface area contributed by atoms with Gasteiger partial charge in [0.1, 0.15) is 6.04 Å². The van der Waals surface area contributed by atoms with E-state index in [2.05, 4.69) is 17.4 Å². The quantitative estimate of drug-likeness (QED) is 0.720. The average molecular weight is 342 g/mol. The molecule has 3 N–H and O–H groups in total. The molecule has 3 aliphatic rings. The predicted octanol–water partition coefficient (Wildman–Crippen LogP) is 2.69. The highest BCUT2D eigenvalue weighted by molar-refractivity contribution is 5.87. The minimum atomic E-state index is -0.800. The van der Waals surface area contributed by atoms with Gasteiger partial charge in [0, 0.05) is 6.04 Å². The lowest BCUT2D eigenvalue weighted by Crippen LogP contribution is -2.56. The van der Waals surface area contributed by atoms with Gasteiger partial charge >= 0.3 is 0 Å². The van der Waals surface area contributed by atoms with Gasteiger partial charge in [-0.15, -0.1) is 0 Å². The number of hydrogen-bond acceptors (Lipinski definition) is 4. The number of aryl methyl sites for hydroxylation is 1. The van der Waals surface area contributed by atoms with Gasteiger partial charge in [0.2, 0.25) is 5.91 Å². The van der Waals surface area contributed by atoms with E-state index < -0.39 is 6.04 Å². The second-order valence-corrected chi connectivity index (χ2v) is 7.50. The number of benzene rings is 1. The van der Waals surface area contributed by atoms with Gasteiger partial charge < -0.3 is 15.1 Å². The second-order valence-electron chi connectivity index (χ2n) is 7.50. The summed E-state index contributed by atoms with van der Waals surface area (Å²) in [5.41, 5.74) is 1.26. The second kappa shape index (κ2) is 6.71. The molecule has 1 amide bonds. The van der Waals surface area contributed by atoms with Gasteiger partial charge in [-0.3, -0.25) is 10.1 Å². The molecule has 5 nitrogen and oxygen atoms in total. The first-order valence-corrected chi connectivity index (χ1v) is 9.38. The summed E-state index contributed by atoms with van der Waals surface area (Å²) in [6, 6.07) is 9.33. The van der Waals surface area contributed by atoms with Crippen LogP contribution in [0.3, 0.4) is 0 Å². The van der Waals surface area contributed by atoms with E-state index in [4.69, 9.17) is 0 Å². The number of aliphatic hydroxyl groups excluding tert-OH is 2. The van der Waals surface area contributed by atoms with Gasteiger partial charge in [0.25, 0.3) is 0 Å². The van der Waals surface area contributed by atoms with Crippen molar-refractivity contribution < 1.29 is 15.0 Å². The molecule has 2 heterocycles. The maximum atomic E-state index is 12.9. The fourth-order valence-corrected chi connectivity index (χ4v) is 4.80. The molecule has 1 aromatic carbocycles. The molecule has 0 spiro atoms. The smallest absolute Gasteiger partial charge is 0.248 e. The van der Waals surface area contributed by atoms with Crippen LogP contribution >= 0.6 is 0 Å². The monoisotopic (exact) mass is 342 g/mol. The molecule has 1 saturated carbocycles. The van der Waals surface area contributed by atoms with Crippen LogP contribution in [0.4, 0.5) is 0 Å². The van der Waals surface area contributed by atoms with E-state index in [1.807, 2.05) is 23.1 Å². The summed E-state index contributed by atoms with van der Waals surface area (Å²) in [5, 5.41) is 23.9. The Labute approximate surface area is 148 Å². The van der Waals surface area contributed by atoms with Crippen LogP contribution in [0.5, 0.6) is 0 Å². The summed E-state index contributed by atoms with van der Waals surface area (Å²) in [5.74, 6) is 0.218. The highest BCUT2D eigenvalue weighted by Crippen LogP contribution is 2.45. The summed E-state index contributed by atoms with van der Waals surface area (Å²) in [4.78, 5) is 14.8. The topological polar surface area (TPSA) is 72.8 Å². The Kier molecular flexibility index (Phi) is 4.42. The number of hydrogen-bond donors (Lipinski definition) is 3. The zero-order valence-corrected chi connectivity index (χ0v) is 14.4. The Morgan fingerprint density at radius 2 is 1.92 bits per heavy atom. The van der Waals surface area contributed by atoms with E-state index in [-0.39, 0.29) is 29.5 Å². The number of carbonyl (C=O) groups is 1. The summed E-state index contributed by atoms with van der Waals surface area (Å²) < 4.78 is 0. The third-order valence-electron chi connectivity index (χ3n) is 6.02. The molecule has 0 bridgehead atoms. The Balaban J connectivity index is 1.40. The Hall–Kier alpha value is -2.01. The summed E-state index contributed by atoms with van der Waals surface area (Å²) in [7, 11) is 0. The molecular formula is C20H26N2O3. The molecule has 134 valence electrons. The highest BCUT2D eigenvalue weighted by atomic mass is 16.3. The number of nitrogens with one attached hydrogen (secondary N) is 1. The molecular weight excluding hydrogens is 316 g/mol. The van der Waals surface area contributed by atoms with E-state index in [9.17, 15) is 15.0 Å². The lowest BCUT2D eigenvalue weighted by Gasteiger charge is -2.37. The van der Waals surface area contributed by atoms with Crippen LogP contribution in [0, 0.1) is 5.92 Å². The van der Waals surface area contributed by atoms with E-state index in [0.29, 0.717) is 12.5 Å². The Morgan fingerprint density at radius 1 is 1.12 bits per heavy atom. The zero-order valence-electron chi connectivity index (χ0n) is 14.4. The van der Waals surface area contributed by atoms with Gasteiger partial charge in [0.15, 0.2) is 11.5 Å². The van der Waals surface area contributed by atoms with Gasteiger partial charge in [-0.05, 0) is 50.1 Å². The molecule has 5 heteroatoms. The van der Waals surface area contributed by atoms with Gasteiger partial charge in [-0.1, -0.05) is 36.8 Å². The molecule has 0 unspecified atom stereocenters. The minimum absolute atomic E-state index is 0.00504. The van der Waals surface area contributed by atoms with Crippen LogP contribution in [-0.2, 0) is 11.2 Å². The van der Waals surface area contributed by atoms with E-state index in [1.54, 1.807) is 0 Å². The molecule has 0 aromatic heterocycles.